The molecule has 0 saturated carbocycles. The van der Waals surface area contributed by atoms with Crippen LogP contribution in [-0.2, 0) is 0 Å². The predicted octanol–water partition coefficient (Wildman–Crippen LogP) is 3.79. The van der Waals surface area contributed by atoms with Crippen LogP contribution >= 0.6 is 0 Å². The number of nitro benzene ring substituents is 1. The molecule has 0 saturated heterocycles. The lowest BCUT2D eigenvalue weighted by molar-refractivity contribution is -0.384. The van der Waals surface area contributed by atoms with Crippen LogP contribution in [0.4, 0.5) is 11.4 Å². The van der Waals surface area contributed by atoms with Crippen LogP contribution in [0.5, 0.6) is 0 Å². The topological polar surface area (TPSA) is 85.7 Å². The fourth-order valence-electron chi connectivity index (χ4n) is 3.26. The lowest BCUT2D eigenvalue weighted by atomic mass is 10.0. The first kappa shape index (κ1) is 14.5. The molecular weight excluding hydrogens is 330 g/mol. The highest BCUT2D eigenvalue weighted by molar-refractivity contribution is 6.20. The largest absolute Gasteiger partial charge is 0.269 e. The average molecular weight is 341 g/mol. The van der Waals surface area contributed by atoms with E-state index in [0.29, 0.717) is 0 Å². The smallest absolute Gasteiger partial charge is 0.258 e. The molecule has 0 fully saturated rings. The minimum absolute atomic E-state index is 0.0501. The first-order chi connectivity index (χ1) is 12.7. The molecule has 26 heavy (non-hydrogen) atoms. The van der Waals surface area contributed by atoms with Gasteiger partial charge in [0.2, 0.25) is 0 Å². The van der Waals surface area contributed by atoms with Crippen LogP contribution in [0.3, 0.4) is 0 Å². The Bertz CT molecular complexity index is 1210. The van der Waals surface area contributed by atoms with E-state index in [-0.39, 0.29) is 5.69 Å². The van der Waals surface area contributed by atoms with E-state index >= 15 is 0 Å². The minimum Gasteiger partial charge on any atom is -0.258 e. The number of rotatable bonds is 2. The van der Waals surface area contributed by atoms with Gasteiger partial charge in [0.25, 0.3) is 5.69 Å². The Morgan fingerprint density at radius 2 is 1.77 bits per heavy atom. The second kappa shape index (κ2) is 5.32. The summed E-state index contributed by atoms with van der Waals surface area (Å²) in [5.74, 6) is 0. The van der Waals surface area contributed by atoms with E-state index in [1.54, 1.807) is 16.6 Å². The molecule has 2 aromatic heterocycles. The van der Waals surface area contributed by atoms with Crippen molar-refractivity contribution in [1.29, 1.82) is 0 Å². The molecule has 0 unspecified atom stereocenters. The Morgan fingerprint density at radius 1 is 0.962 bits per heavy atom. The third kappa shape index (κ3) is 2.04. The number of benzene rings is 2. The number of aliphatic imine (C=N–C) groups is 1. The number of para-hydroxylation sites is 1. The van der Waals surface area contributed by atoms with Gasteiger partial charge < -0.3 is 0 Å². The summed E-state index contributed by atoms with van der Waals surface area (Å²) in [4.78, 5) is 19.9. The van der Waals surface area contributed by atoms with Crippen molar-refractivity contribution in [3.05, 3.63) is 88.4 Å². The van der Waals surface area contributed by atoms with Crippen LogP contribution < -0.4 is 0 Å². The van der Waals surface area contributed by atoms with Gasteiger partial charge in [0.1, 0.15) is 17.5 Å². The van der Waals surface area contributed by atoms with Gasteiger partial charge in [0.15, 0.2) is 0 Å². The van der Waals surface area contributed by atoms with Crippen molar-refractivity contribution in [1.82, 2.24) is 14.6 Å². The van der Waals surface area contributed by atoms with Gasteiger partial charge in [-0.1, -0.05) is 18.2 Å². The van der Waals surface area contributed by atoms with Gasteiger partial charge >= 0.3 is 0 Å². The maximum absolute atomic E-state index is 10.9. The molecule has 3 heterocycles. The first-order valence-corrected chi connectivity index (χ1v) is 7.98. The molecule has 0 spiro atoms. The van der Waals surface area contributed by atoms with E-state index in [0.717, 1.165) is 39.3 Å². The first-order valence-electron chi connectivity index (χ1n) is 7.98. The van der Waals surface area contributed by atoms with E-state index in [1.807, 2.05) is 36.5 Å². The van der Waals surface area contributed by atoms with Crippen LogP contribution in [0.2, 0.25) is 0 Å². The summed E-state index contributed by atoms with van der Waals surface area (Å²) in [7, 11) is 0. The molecule has 0 amide bonds. The third-order valence-electron chi connectivity index (χ3n) is 4.45. The molecule has 7 nitrogen and oxygen atoms in total. The summed E-state index contributed by atoms with van der Waals surface area (Å²) in [6.45, 7) is 0. The molecule has 1 aliphatic heterocycles. The van der Waals surface area contributed by atoms with Crippen molar-refractivity contribution in [2.24, 2.45) is 4.99 Å². The van der Waals surface area contributed by atoms with Gasteiger partial charge in [-0.25, -0.2) is 14.5 Å². The van der Waals surface area contributed by atoms with E-state index < -0.39 is 4.92 Å². The highest BCUT2D eigenvalue weighted by Gasteiger charge is 2.22. The van der Waals surface area contributed by atoms with Crippen molar-refractivity contribution in [2.45, 2.75) is 0 Å². The Labute approximate surface area is 147 Å². The van der Waals surface area contributed by atoms with Crippen LogP contribution in [-0.4, -0.2) is 25.2 Å². The van der Waals surface area contributed by atoms with Gasteiger partial charge in [0.05, 0.1) is 16.3 Å². The summed E-state index contributed by atoms with van der Waals surface area (Å²) in [6.07, 6.45) is 3.39. The fourth-order valence-corrected chi connectivity index (χ4v) is 3.26. The summed E-state index contributed by atoms with van der Waals surface area (Å²) in [5.41, 5.74) is 5.90. The normalized spacial score (nSPS) is 12.4. The molecule has 4 aromatic rings. The molecular formula is C19H11N5O2. The van der Waals surface area contributed by atoms with Crippen LogP contribution in [0.1, 0.15) is 11.1 Å². The maximum Gasteiger partial charge on any atom is 0.269 e. The molecule has 0 aliphatic carbocycles. The van der Waals surface area contributed by atoms with Crippen molar-refractivity contribution < 1.29 is 4.92 Å². The van der Waals surface area contributed by atoms with Gasteiger partial charge in [-0.3, -0.25) is 10.1 Å². The van der Waals surface area contributed by atoms with E-state index in [1.165, 1.54) is 18.5 Å². The highest BCUT2D eigenvalue weighted by atomic mass is 16.6. The predicted molar refractivity (Wildman–Crippen MR) is 96.8 cm³/mol. The quantitative estimate of drug-likeness (QED) is 0.361. The van der Waals surface area contributed by atoms with E-state index in [2.05, 4.69) is 10.1 Å². The van der Waals surface area contributed by atoms with Crippen molar-refractivity contribution in [2.75, 3.05) is 0 Å². The van der Waals surface area contributed by atoms with Crippen molar-refractivity contribution in [3.8, 4) is 11.3 Å². The van der Waals surface area contributed by atoms with E-state index in [4.69, 9.17) is 4.99 Å². The summed E-state index contributed by atoms with van der Waals surface area (Å²) >= 11 is 0. The zero-order chi connectivity index (χ0) is 17.7. The number of nitro groups is 1. The molecule has 5 rings (SSSR count). The molecule has 7 heteroatoms. The van der Waals surface area contributed by atoms with Gasteiger partial charge in [-0.05, 0) is 24.3 Å². The Balaban J connectivity index is 1.82. The molecule has 124 valence electrons. The van der Waals surface area contributed by atoms with Gasteiger partial charge in [-0.2, -0.15) is 5.10 Å². The molecule has 0 N–H and O–H groups in total. The van der Waals surface area contributed by atoms with Gasteiger partial charge in [-0.15, -0.1) is 0 Å². The third-order valence-corrected chi connectivity index (χ3v) is 4.45. The monoisotopic (exact) mass is 341 g/mol. The summed E-state index contributed by atoms with van der Waals surface area (Å²) in [5, 5.41) is 15.2. The number of nitrogens with zero attached hydrogens (tertiary/aromatic N) is 5. The van der Waals surface area contributed by atoms with Crippen molar-refractivity contribution >= 4 is 22.6 Å². The molecule has 2 aromatic carbocycles. The van der Waals surface area contributed by atoms with E-state index in [9.17, 15) is 10.1 Å². The molecule has 0 bridgehead atoms. The van der Waals surface area contributed by atoms with Crippen molar-refractivity contribution in [3.63, 3.8) is 0 Å². The number of aromatic nitrogens is 3. The summed E-state index contributed by atoms with van der Waals surface area (Å²) < 4.78 is 1.78. The fraction of sp³-hybridized carbons (Fsp3) is 0. The zero-order valence-corrected chi connectivity index (χ0v) is 13.4. The molecule has 0 radical (unpaired) electrons. The van der Waals surface area contributed by atoms with Crippen LogP contribution in [0, 0.1) is 10.1 Å². The van der Waals surface area contributed by atoms with Gasteiger partial charge in [0, 0.05) is 35.0 Å². The number of fused-ring (bicyclic) bond motifs is 2. The second-order valence-corrected chi connectivity index (χ2v) is 5.91. The standard InChI is InChI=1S/C19H11N5O2/c25-24(26)13-7-5-12(6-8-13)17-15-9-10-23-19(15)18(20-11-21-23)14-3-1-2-4-16(14)22-17/h1-11H. The Morgan fingerprint density at radius 3 is 2.58 bits per heavy atom. The molecule has 0 atom stereocenters. The lowest BCUT2D eigenvalue weighted by Gasteiger charge is -2.05. The summed E-state index contributed by atoms with van der Waals surface area (Å²) in [6, 6.07) is 16.2. The van der Waals surface area contributed by atoms with Crippen LogP contribution in [0.15, 0.2) is 72.1 Å². The second-order valence-electron chi connectivity index (χ2n) is 5.91. The highest BCUT2D eigenvalue weighted by Crippen LogP contribution is 2.37. The van der Waals surface area contributed by atoms with Crippen LogP contribution in [0.25, 0.3) is 16.8 Å². The Hall–Kier alpha value is -3.87. The SMILES string of the molecule is O=[N+]([O-])c1ccc(C2=Nc3ccccc3-c3ncnn4ccc2c34)cc1. The minimum atomic E-state index is -0.409. The average Bonchev–Trinajstić information content (AvgIpc) is 3.04. The Kier molecular flexibility index (Phi) is 2.96. The lowest BCUT2D eigenvalue weighted by Crippen LogP contribution is -2.03. The maximum atomic E-state index is 10.9. The number of hydrogen-bond donors (Lipinski definition) is 0. The number of non-ortho nitro benzene ring substituents is 1. The number of hydrogen-bond acceptors (Lipinski definition) is 5. The molecule has 1 aliphatic rings. The zero-order valence-electron chi connectivity index (χ0n) is 13.4.